The van der Waals surface area contributed by atoms with Crippen molar-refractivity contribution in [2.75, 3.05) is 38.6 Å². The lowest BCUT2D eigenvalue weighted by Gasteiger charge is -2.34. The molecule has 36 heavy (non-hydrogen) atoms. The Balaban J connectivity index is 2.54. The van der Waals surface area contributed by atoms with Gasteiger partial charge in [-0.25, -0.2) is 4.31 Å². The summed E-state index contributed by atoms with van der Waals surface area (Å²) in [5, 5.41) is 2.79. The molecule has 198 valence electrons. The fourth-order valence-electron chi connectivity index (χ4n) is 3.83. The van der Waals surface area contributed by atoms with Crippen molar-refractivity contribution in [1.82, 2.24) is 14.5 Å². The van der Waals surface area contributed by atoms with Crippen LogP contribution < -0.4 is 14.4 Å². The second-order valence-corrected chi connectivity index (χ2v) is 10.8. The maximum Gasteiger partial charge on any atom is 0.304 e. The summed E-state index contributed by atoms with van der Waals surface area (Å²) in [7, 11) is 0.421. The fraction of sp³-hybridized carbons (Fsp3) is 0.462. The van der Waals surface area contributed by atoms with Crippen LogP contribution in [0.2, 0.25) is 0 Å². The number of carbonyl (C=O) groups is 2. The van der Waals surface area contributed by atoms with E-state index >= 15 is 0 Å². The van der Waals surface area contributed by atoms with Gasteiger partial charge in [-0.05, 0) is 62.1 Å². The minimum absolute atomic E-state index is 0.140. The molecule has 2 aromatic rings. The van der Waals surface area contributed by atoms with Crippen molar-refractivity contribution in [3.63, 3.8) is 0 Å². The van der Waals surface area contributed by atoms with E-state index < -0.39 is 28.7 Å². The van der Waals surface area contributed by atoms with Gasteiger partial charge in [0.05, 0.1) is 12.8 Å². The summed E-state index contributed by atoms with van der Waals surface area (Å²) in [6, 6.07) is 11.9. The largest absolute Gasteiger partial charge is 0.497 e. The first-order chi connectivity index (χ1) is 17.0. The summed E-state index contributed by atoms with van der Waals surface area (Å²) in [4.78, 5) is 28.2. The Kier molecular flexibility index (Phi) is 10.3. The molecule has 0 aromatic heterocycles. The molecule has 2 rings (SSSR count). The number of benzene rings is 2. The van der Waals surface area contributed by atoms with Crippen molar-refractivity contribution in [3.8, 4) is 5.75 Å². The van der Waals surface area contributed by atoms with Crippen LogP contribution in [0.4, 0.5) is 5.69 Å². The molecular formula is C26H38N4O5S. The summed E-state index contributed by atoms with van der Waals surface area (Å²) in [5.41, 5.74) is 2.80. The van der Waals surface area contributed by atoms with E-state index in [9.17, 15) is 18.0 Å². The van der Waals surface area contributed by atoms with Crippen LogP contribution in [0.15, 0.2) is 42.5 Å². The highest BCUT2D eigenvalue weighted by Crippen LogP contribution is 2.26. The highest BCUT2D eigenvalue weighted by Gasteiger charge is 2.34. The summed E-state index contributed by atoms with van der Waals surface area (Å²) in [6.07, 6.45) is 0.373. The van der Waals surface area contributed by atoms with Crippen LogP contribution in [0.3, 0.4) is 0 Å². The van der Waals surface area contributed by atoms with E-state index in [1.54, 1.807) is 32.2 Å². The van der Waals surface area contributed by atoms with Crippen LogP contribution in [0.5, 0.6) is 5.75 Å². The summed E-state index contributed by atoms with van der Waals surface area (Å²) >= 11 is 0. The van der Waals surface area contributed by atoms with Crippen molar-refractivity contribution >= 4 is 27.7 Å². The second kappa shape index (κ2) is 12.7. The second-order valence-electron chi connectivity index (χ2n) is 8.78. The van der Waals surface area contributed by atoms with Crippen LogP contribution in [0, 0.1) is 13.8 Å². The summed E-state index contributed by atoms with van der Waals surface area (Å²) in [6.45, 7) is 7.42. The molecule has 1 N–H and O–H groups in total. The number of hydrogen-bond acceptors (Lipinski definition) is 5. The van der Waals surface area contributed by atoms with Gasteiger partial charge in [-0.3, -0.25) is 9.59 Å². The maximum atomic E-state index is 13.8. The molecule has 0 heterocycles. The molecular weight excluding hydrogens is 480 g/mol. The number of rotatable bonds is 12. The third-order valence-corrected chi connectivity index (χ3v) is 7.71. The van der Waals surface area contributed by atoms with E-state index in [0.29, 0.717) is 24.4 Å². The van der Waals surface area contributed by atoms with Gasteiger partial charge in [-0.1, -0.05) is 31.2 Å². The number of amides is 2. The van der Waals surface area contributed by atoms with Crippen LogP contribution in [-0.4, -0.2) is 69.8 Å². The molecule has 0 spiro atoms. The van der Waals surface area contributed by atoms with Crippen molar-refractivity contribution in [2.45, 2.75) is 46.7 Å². The molecule has 2 amide bonds. The number of aryl methyl sites for hydroxylation is 2. The van der Waals surface area contributed by atoms with E-state index in [1.807, 2.05) is 45.0 Å². The number of ether oxygens (including phenoxy) is 1. The number of hydrogen-bond donors (Lipinski definition) is 1. The van der Waals surface area contributed by atoms with Crippen molar-refractivity contribution in [3.05, 3.63) is 59.2 Å². The zero-order valence-electron chi connectivity index (χ0n) is 22.2. The third-order valence-electron chi connectivity index (χ3n) is 5.90. The van der Waals surface area contributed by atoms with E-state index in [0.717, 1.165) is 25.3 Å². The van der Waals surface area contributed by atoms with Gasteiger partial charge in [-0.15, -0.1) is 0 Å². The van der Waals surface area contributed by atoms with Gasteiger partial charge in [0, 0.05) is 27.2 Å². The number of methoxy groups -OCH3 is 1. The first kappa shape index (κ1) is 29.1. The van der Waals surface area contributed by atoms with Gasteiger partial charge in [-0.2, -0.15) is 12.7 Å². The number of nitrogens with zero attached hydrogens (tertiary/aromatic N) is 3. The molecule has 0 bridgehead atoms. The lowest BCUT2D eigenvalue weighted by Crippen LogP contribution is -2.53. The van der Waals surface area contributed by atoms with E-state index in [-0.39, 0.29) is 12.5 Å². The normalized spacial score (nSPS) is 12.2. The third kappa shape index (κ3) is 6.98. The number of carbonyl (C=O) groups excluding carboxylic acids is 2. The lowest BCUT2D eigenvalue weighted by atomic mass is 10.1. The van der Waals surface area contributed by atoms with Crippen molar-refractivity contribution in [2.24, 2.45) is 0 Å². The highest BCUT2D eigenvalue weighted by atomic mass is 32.2. The van der Waals surface area contributed by atoms with Crippen LogP contribution >= 0.6 is 0 Å². The van der Waals surface area contributed by atoms with Crippen LogP contribution in [-0.2, 0) is 26.3 Å². The summed E-state index contributed by atoms with van der Waals surface area (Å²) < 4.78 is 34.1. The van der Waals surface area contributed by atoms with E-state index in [4.69, 9.17) is 4.74 Å². The van der Waals surface area contributed by atoms with Gasteiger partial charge in [0.2, 0.25) is 11.8 Å². The number of anilines is 1. The van der Waals surface area contributed by atoms with Crippen molar-refractivity contribution < 1.29 is 22.7 Å². The highest BCUT2D eigenvalue weighted by molar-refractivity contribution is 7.90. The van der Waals surface area contributed by atoms with Crippen molar-refractivity contribution in [1.29, 1.82) is 0 Å². The van der Waals surface area contributed by atoms with Crippen LogP contribution in [0.25, 0.3) is 0 Å². The molecule has 0 saturated carbocycles. The molecule has 0 unspecified atom stereocenters. The quantitative estimate of drug-likeness (QED) is 0.466. The number of nitrogens with one attached hydrogen (secondary N) is 1. The molecule has 0 aliphatic rings. The Bertz CT molecular complexity index is 1150. The maximum absolute atomic E-state index is 13.8. The number of likely N-dealkylation sites (N-methyl/N-ethyl adjacent to an activating group) is 1. The first-order valence-electron chi connectivity index (χ1n) is 11.9. The molecule has 2 aromatic carbocycles. The SMILES string of the molecule is CCNC(=O)[C@H](CC)N(Cc1ccc(OC)cc1)C(=O)CN(c1cc(C)ccc1C)S(=O)(=O)N(C)C. The Labute approximate surface area is 215 Å². The Hall–Kier alpha value is -3.11. The average molecular weight is 519 g/mol. The molecule has 0 radical (unpaired) electrons. The zero-order chi connectivity index (χ0) is 27.0. The van der Waals surface area contributed by atoms with E-state index in [1.165, 1.54) is 19.0 Å². The van der Waals surface area contributed by atoms with Gasteiger partial charge in [0.1, 0.15) is 18.3 Å². The van der Waals surface area contributed by atoms with Gasteiger partial charge in [0.15, 0.2) is 0 Å². The Morgan fingerprint density at radius 3 is 2.19 bits per heavy atom. The molecule has 10 heteroatoms. The zero-order valence-corrected chi connectivity index (χ0v) is 23.1. The molecule has 0 aliphatic heterocycles. The fourth-order valence-corrected chi connectivity index (χ4v) is 4.94. The van der Waals surface area contributed by atoms with Gasteiger partial charge in [0.25, 0.3) is 0 Å². The minimum atomic E-state index is -4.00. The molecule has 9 nitrogen and oxygen atoms in total. The first-order valence-corrected chi connectivity index (χ1v) is 13.3. The van der Waals surface area contributed by atoms with E-state index in [2.05, 4.69) is 5.32 Å². The summed E-state index contributed by atoms with van der Waals surface area (Å²) in [5.74, 6) is -0.0866. The standard InChI is InChI=1S/C26H38N4O5S/c1-8-23(26(32)27-9-2)29(17-21-12-14-22(35-7)15-13-21)25(31)18-30(36(33,34)28(5)6)24-16-19(3)10-11-20(24)4/h10-16,23H,8-9,17-18H2,1-7H3,(H,27,32)/t23-/m0/s1. The average Bonchev–Trinajstić information content (AvgIpc) is 2.84. The topological polar surface area (TPSA) is 99.3 Å². The molecule has 0 saturated heterocycles. The van der Waals surface area contributed by atoms with Gasteiger partial charge < -0.3 is 15.0 Å². The molecule has 1 atom stereocenters. The van der Waals surface area contributed by atoms with Crippen LogP contribution in [0.1, 0.15) is 37.0 Å². The monoisotopic (exact) mass is 518 g/mol. The smallest absolute Gasteiger partial charge is 0.304 e. The van der Waals surface area contributed by atoms with Gasteiger partial charge >= 0.3 is 10.2 Å². The Morgan fingerprint density at radius 1 is 1.03 bits per heavy atom. The predicted octanol–water partition coefficient (Wildman–Crippen LogP) is 2.87. The molecule has 0 fully saturated rings. The lowest BCUT2D eigenvalue weighted by molar-refractivity contribution is -0.140. The minimum Gasteiger partial charge on any atom is -0.497 e. The molecule has 0 aliphatic carbocycles. The predicted molar refractivity (Wildman–Crippen MR) is 142 cm³/mol. The Morgan fingerprint density at radius 2 is 1.67 bits per heavy atom.